The van der Waals surface area contributed by atoms with Gasteiger partial charge in [0.05, 0.1) is 34.5 Å². The molecule has 3 atom stereocenters. The van der Waals surface area contributed by atoms with Gasteiger partial charge in [-0.05, 0) is 66.4 Å². The van der Waals surface area contributed by atoms with Crippen molar-refractivity contribution in [3.05, 3.63) is 93.5 Å². The van der Waals surface area contributed by atoms with E-state index in [9.17, 15) is 18.0 Å². The summed E-state index contributed by atoms with van der Waals surface area (Å²) in [6.07, 6.45) is 0.141. The Morgan fingerprint density at radius 3 is 2.20 bits per heavy atom. The average Bonchev–Trinajstić information content (AvgIpc) is 2.96. The predicted octanol–water partition coefficient (Wildman–Crippen LogP) is 4.56. The van der Waals surface area contributed by atoms with Crippen LogP contribution >= 0.6 is 23.2 Å². The molecule has 4 N–H and O–H groups in total. The maximum atomic E-state index is 13.8. The fraction of sp³-hybridized carbons (Fsp3) is 0.276. The van der Waals surface area contributed by atoms with Crippen molar-refractivity contribution in [2.75, 3.05) is 11.8 Å². The van der Waals surface area contributed by atoms with E-state index < -0.39 is 38.5 Å². The van der Waals surface area contributed by atoms with Gasteiger partial charge in [0.25, 0.3) is 0 Å². The third-order valence-corrected chi connectivity index (χ3v) is 9.43. The molecule has 3 aromatic carbocycles. The first-order valence-corrected chi connectivity index (χ1v) is 14.8. The van der Waals surface area contributed by atoms with E-state index in [2.05, 4.69) is 10.0 Å². The van der Waals surface area contributed by atoms with Gasteiger partial charge in [0.15, 0.2) is 5.25 Å². The smallest absolute Gasteiger partial charge is 0.245 e. The molecule has 0 heterocycles. The number of nitrogens with zero attached hydrogens (tertiary/aromatic N) is 1. The second kappa shape index (κ2) is 13.3. The number of amides is 2. The zero-order chi connectivity index (χ0) is 30.4. The number of anilines is 1. The number of sulfonamides is 1. The SMILES string of the molecule is CCC(C)(c1ccc(C#N)cc1)C(NC(=O)C(Cc1ccc(OC)cc1)S(=O)(=O)Nc1ccc(Cl)c(Cl)c1)C(N)=O. The van der Waals surface area contributed by atoms with Gasteiger partial charge in [-0.25, -0.2) is 8.42 Å². The van der Waals surface area contributed by atoms with Gasteiger partial charge in [0.1, 0.15) is 11.8 Å². The lowest BCUT2D eigenvalue weighted by Gasteiger charge is -2.37. The van der Waals surface area contributed by atoms with Gasteiger partial charge in [0.2, 0.25) is 21.8 Å². The molecule has 9 nitrogen and oxygen atoms in total. The summed E-state index contributed by atoms with van der Waals surface area (Å²) in [5, 5.41) is 10.5. The zero-order valence-corrected chi connectivity index (χ0v) is 25.0. The van der Waals surface area contributed by atoms with Crippen LogP contribution in [-0.4, -0.2) is 38.6 Å². The zero-order valence-electron chi connectivity index (χ0n) is 22.6. The number of nitriles is 1. The van der Waals surface area contributed by atoms with Crippen molar-refractivity contribution in [3.8, 4) is 11.8 Å². The highest BCUT2D eigenvalue weighted by Crippen LogP contribution is 2.32. The molecule has 0 fully saturated rings. The van der Waals surface area contributed by atoms with Crippen LogP contribution in [0.15, 0.2) is 66.7 Å². The number of carbonyl (C=O) groups excluding carboxylic acids is 2. The number of methoxy groups -OCH3 is 1. The van der Waals surface area contributed by atoms with Gasteiger partial charge < -0.3 is 15.8 Å². The Balaban J connectivity index is 2.01. The van der Waals surface area contributed by atoms with Crippen molar-refractivity contribution in [2.24, 2.45) is 5.73 Å². The van der Waals surface area contributed by atoms with Gasteiger partial charge in [-0.2, -0.15) is 5.26 Å². The number of rotatable bonds is 12. The lowest BCUT2D eigenvalue weighted by molar-refractivity contribution is -0.128. The van der Waals surface area contributed by atoms with E-state index in [-0.39, 0.29) is 22.2 Å². The van der Waals surface area contributed by atoms with Gasteiger partial charge in [0, 0.05) is 5.41 Å². The summed E-state index contributed by atoms with van der Waals surface area (Å²) in [5.41, 5.74) is 6.47. The third kappa shape index (κ3) is 7.50. The van der Waals surface area contributed by atoms with Crippen molar-refractivity contribution in [2.45, 2.75) is 43.4 Å². The molecule has 41 heavy (non-hydrogen) atoms. The Morgan fingerprint density at radius 1 is 1.05 bits per heavy atom. The number of hydrogen-bond donors (Lipinski definition) is 3. The normalized spacial score (nSPS) is 14.1. The van der Waals surface area contributed by atoms with E-state index in [1.54, 1.807) is 55.5 Å². The number of nitrogens with two attached hydrogens (primary N) is 1. The first-order chi connectivity index (χ1) is 19.3. The van der Waals surface area contributed by atoms with E-state index in [4.69, 9.17) is 38.9 Å². The molecule has 3 aromatic rings. The molecule has 0 aromatic heterocycles. The van der Waals surface area contributed by atoms with Crippen LogP contribution in [0.25, 0.3) is 0 Å². The summed E-state index contributed by atoms with van der Waals surface area (Å²) >= 11 is 12.0. The summed E-state index contributed by atoms with van der Waals surface area (Å²) in [5.74, 6) is -1.21. The van der Waals surface area contributed by atoms with Crippen molar-refractivity contribution < 1.29 is 22.7 Å². The highest BCUT2D eigenvalue weighted by atomic mass is 35.5. The van der Waals surface area contributed by atoms with Crippen molar-refractivity contribution in [1.82, 2.24) is 5.32 Å². The Bertz CT molecular complexity index is 1560. The van der Waals surface area contributed by atoms with Crippen molar-refractivity contribution >= 4 is 50.7 Å². The molecular formula is C29H30Cl2N4O5S. The van der Waals surface area contributed by atoms with Crippen LogP contribution < -0.4 is 20.5 Å². The summed E-state index contributed by atoms with van der Waals surface area (Å²) < 4.78 is 34.9. The Morgan fingerprint density at radius 2 is 1.68 bits per heavy atom. The molecule has 3 rings (SSSR count). The molecule has 0 saturated heterocycles. The molecule has 2 amide bonds. The minimum absolute atomic E-state index is 0.106. The van der Waals surface area contributed by atoms with Gasteiger partial charge in [-0.3, -0.25) is 14.3 Å². The largest absolute Gasteiger partial charge is 0.497 e. The van der Waals surface area contributed by atoms with Crippen LogP contribution in [0.5, 0.6) is 5.75 Å². The number of nitrogens with one attached hydrogen (secondary N) is 2. The maximum absolute atomic E-state index is 13.8. The van der Waals surface area contributed by atoms with Crippen LogP contribution in [0, 0.1) is 11.3 Å². The molecule has 3 unspecified atom stereocenters. The second-order valence-corrected chi connectivity index (χ2v) is 12.3. The molecule has 216 valence electrons. The lowest BCUT2D eigenvalue weighted by atomic mass is 9.73. The monoisotopic (exact) mass is 616 g/mol. The van der Waals surface area contributed by atoms with Crippen LogP contribution in [0.2, 0.25) is 10.0 Å². The Hall–Kier alpha value is -3.78. The standard InChI is InChI=1S/C29H30Cl2N4O5S/c1-4-29(2,20-9-5-19(17-32)6-10-20)26(27(33)36)34-28(37)25(15-18-7-12-22(40-3)13-8-18)41(38,39)35-21-11-14-23(30)24(31)16-21/h5-14,16,25-26,35H,4,15H2,1-3H3,(H2,33,36)(H,34,37). The molecule has 12 heteroatoms. The third-order valence-electron chi connectivity index (χ3n) is 7.04. The lowest BCUT2D eigenvalue weighted by Crippen LogP contribution is -2.59. The van der Waals surface area contributed by atoms with E-state index in [0.29, 0.717) is 28.9 Å². The van der Waals surface area contributed by atoms with Gasteiger partial charge >= 0.3 is 0 Å². The molecule has 0 aliphatic rings. The topological polar surface area (TPSA) is 151 Å². The highest BCUT2D eigenvalue weighted by Gasteiger charge is 2.42. The van der Waals surface area contributed by atoms with Crippen LogP contribution in [-0.2, 0) is 31.4 Å². The molecule has 0 aliphatic carbocycles. The van der Waals surface area contributed by atoms with E-state index in [1.165, 1.54) is 25.3 Å². The molecule has 0 bridgehead atoms. The molecule has 0 saturated carbocycles. The number of hydrogen-bond acceptors (Lipinski definition) is 6. The minimum Gasteiger partial charge on any atom is -0.497 e. The number of benzene rings is 3. The number of ether oxygens (including phenoxy) is 1. The van der Waals surface area contributed by atoms with Gasteiger partial charge in [-0.1, -0.05) is 61.3 Å². The van der Waals surface area contributed by atoms with Crippen LogP contribution in [0.1, 0.15) is 37.0 Å². The van der Waals surface area contributed by atoms with Crippen LogP contribution in [0.3, 0.4) is 0 Å². The maximum Gasteiger partial charge on any atom is 0.245 e. The molecule has 0 spiro atoms. The quantitative estimate of drug-likeness (QED) is 0.271. The predicted molar refractivity (Wildman–Crippen MR) is 159 cm³/mol. The summed E-state index contributed by atoms with van der Waals surface area (Å²) in [6.45, 7) is 3.56. The summed E-state index contributed by atoms with van der Waals surface area (Å²) in [4.78, 5) is 26.5. The number of carbonyl (C=O) groups is 2. The fourth-order valence-corrected chi connectivity index (χ4v) is 6.05. The summed E-state index contributed by atoms with van der Waals surface area (Å²) in [7, 11) is -2.90. The molecule has 0 aliphatic heterocycles. The molecule has 0 radical (unpaired) electrons. The average molecular weight is 618 g/mol. The van der Waals surface area contributed by atoms with Crippen LogP contribution in [0.4, 0.5) is 5.69 Å². The Kier molecular flexibility index (Phi) is 10.3. The molecular weight excluding hydrogens is 587 g/mol. The number of halogens is 2. The highest BCUT2D eigenvalue weighted by molar-refractivity contribution is 7.94. The number of primary amides is 1. The first-order valence-electron chi connectivity index (χ1n) is 12.5. The van der Waals surface area contributed by atoms with Gasteiger partial charge in [-0.15, -0.1) is 0 Å². The first kappa shape index (κ1) is 31.7. The Labute approximate surface area is 249 Å². The minimum atomic E-state index is -4.40. The van der Waals surface area contributed by atoms with Crippen molar-refractivity contribution in [3.63, 3.8) is 0 Å². The summed E-state index contributed by atoms with van der Waals surface area (Å²) in [6, 6.07) is 18.1. The van der Waals surface area contributed by atoms with E-state index in [1.807, 2.05) is 13.0 Å². The fourth-order valence-electron chi connectivity index (χ4n) is 4.39. The van der Waals surface area contributed by atoms with Crippen molar-refractivity contribution in [1.29, 1.82) is 5.26 Å². The van der Waals surface area contributed by atoms with E-state index >= 15 is 0 Å². The van der Waals surface area contributed by atoms with E-state index in [0.717, 1.165) is 0 Å². The second-order valence-electron chi connectivity index (χ2n) is 9.62.